The van der Waals surface area contributed by atoms with Crippen LogP contribution in [0.15, 0.2) is 65.5 Å². The fourth-order valence-corrected chi connectivity index (χ4v) is 4.01. The van der Waals surface area contributed by atoms with Crippen molar-refractivity contribution in [2.75, 3.05) is 0 Å². The molecule has 28 heavy (non-hydrogen) atoms. The Balaban J connectivity index is 1.75. The van der Waals surface area contributed by atoms with E-state index in [2.05, 4.69) is 52.4 Å². The Kier molecular flexibility index (Phi) is 3.73. The Labute approximate surface area is 161 Å². The zero-order chi connectivity index (χ0) is 19.1. The predicted octanol–water partition coefficient (Wildman–Crippen LogP) is 4.42. The van der Waals surface area contributed by atoms with Crippen molar-refractivity contribution in [1.82, 2.24) is 9.97 Å². The molecule has 0 amide bonds. The van der Waals surface area contributed by atoms with Crippen LogP contribution in [0.4, 0.5) is 0 Å². The topological polar surface area (TPSA) is 72.4 Å². The van der Waals surface area contributed by atoms with Gasteiger partial charge in [0.1, 0.15) is 0 Å². The third kappa shape index (κ3) is 2.74. The maximum atomic E-state index is 11.6. The number of benzene rings is 3. The van der Waals surface area contributed by atoms with Gasteiger partial charge in [-0.2, -0.15) is 5.26 Å². The van der Waals surface area contributed by atoms with Crippen LogP contribution in [0.3, 0.4) is 0 Å². The quantitative estimate of drug-likeness (QED) is 0.526. The Hall–Kier alpha value is -3.84. The van der Waals surface area contributed by atoms with Crippen LogP contribution in [-0.2, 0) is 12.8 Å². The minimum Gasteiger partial charge on any atom is -0.306 e. The van der Waals surface area contributed by atoms with Gasteiger partial charge in [0.25, 0.3) is 0 Å². The Morgan fingerprint density at radius 2 is 1.64 bits per heavy atom. The molecule has 1 heterocycles. The first-order valence-electron chi connectivity index (χ1n) is 9.27. The minimum atomic E-state index is -0.200. The van der Waals surface area contributed by atoms with Crippen molar-refractivity contribution >= 4 is 22.7 Å². The molecule has 4 heteroatoms. The molecular weight excluding hydrogens is 346 g/mol. The van der Waals surface area contributed by atoms with E-state index in [-0.39, 0.29) is 5.69 Å². The molecule has 4 aromatic rings. The van der Waals surface area contributed by atoms with Crippen LogP contribution in [-0.4, -0.2) is 9.97 Å². The molecule has 3 aromatic carbocycles. The van der Waals surface area contributed by atoms with Gasteiger partial charge in [0.2, 0.25) is 0 Å². The number of nitriles is 1. The molecule has 0 unspecified atom stereocenters. The van der Waals surface area contributed by atoms with E-state index in [4.69, 9.17) is 0 Å². The van der Waals surface area contributed by atoms with Crippen molar-refractivity contribution in [3.05, 3.63) is 105 Å². The lowest BCUT2D eigenvalue weighted by molar-refractivity contribution is 0.964. The summed E-state index contributed by atoms with van der Waals surface area (Å²) in [6.45, 7) is 0. The monoisotopic (exact) mass is 363 g/mol. The summed E-state index contributed by atoms with van der Waals surface area (Å²) >= 11 is 0. The molecule has 4 nitrogen and oxygen atoms in total. The largest absolute Gasteiger partial charge is 0.323 e. The first kappa shape index (κ1) is 16.3. The fraction of sp³-hybridized carbons (Fsp3) is 0.0833. The minimum absolute atomic E-state index is 0.200. The van der Waals surface area contributed by atoms with Crippen LogP contribution in [0.1, 0.15) is 33.4 Å². The number of aromatic amines is 2. The summed E-state index contributed by atoms with van der Waals surface area (Å²) in [5, 5.41) is 9.29. The molecule has 0 bridgehead atoms. The number of imidazole rings is 1. The van der Waals surface area contributed by atoms with Crippen molar-refractivity contribution < 1.29 is 0 Å². The molecule has 1 aromatic heterocycles. The normalized spacial score (nSPS) is 14.3. The highest BCUT2D eigenvalue weighted by molar-refractivity contribution is 5.95. The average Bonchev–Trinajstić information content (AvgIpc) is 3.02. The summed E-state index contributed by atoms with van der Waals surface area (Å²) in [7, 11) is 0. The number of H-pyrrole nitrogens is 2. The lowest BCUT2D eigenvalue weighted by Crippen LogP contribution is -1.99. The smallest absolute Gasteiger partial charge is 0.306 e. The Morgan fingerprint density at radius 1 is 0.857 bits per heavy atom. The van der Waals surface area contributed by atoms with Crippen LogP contribution in [0.25, 0.3) is 22.7 Å². The van der Waals surface area contributed by atoms with Crippen LogP contribution >= 0.6 is 0 Å². The molecular formula is C24H17N3O. The van der Waals surface area contributed by atoms with Gasteiger partial charge in [0.15, 0.2) is 0 Å². The maximum absolute atomic E-state index is 11.6. The van der Waals surface area contributed by atoms with Crippen LogP contribution in [0.5, 0.6) is 0 Å². The molecule has 0 atom stereocenters. The van der Waals surface area contributed by atoms with E-state index in [1.54, 1.807) is 0 Å². The number of rotatable bonds is 1. The summed E-state index contributed by atoms with van der Waals surface area (Å²) in [5.41, 5.74) is 9.12. The molecule has 0 saturated carbocycles. The van der Waals surface area contributed by atoms with Crippen LogP contribution in [0, 0.1) is 11.3 Å². The summed E-state index contributed by atoms with van der Waals surface area (Å²) in [5.74, 6) is 0. The van der Waals surface area contributed by atoms with E-state index in [1.165, 1.54) is 16.7 Å². The first-order valence-corrected chi connectivity index (χ1v) is 9.27. The molecule has 134 valence electrons. The molecule has 0 spiro atoms. The predicted molar refractivity (Wildman–Crippen MR) is 111 cm³/mol. The summed E-state index contributed by atoms with van der Waals surface area (Å²) in [6, 6.07) is 22.6. The van der Waals surface area contributed by atoms with Gasteiger partial charge in [0, 0.05) is 0 Å². The van der Waals surface area contributed by atoms with Gasteiger partial charge in [-0.15, -0.1) is 0 Å². The average molecular weight is 363 g/mol. The van der Waals surface area contributed by atoms with Crippen LogP contribution in [0.2, 0.25) is 0 Å². The van der Waals surface area contributed by atoms with Crippen molar-refractivity contribution in [1.29, 1.82) is 5.26 Å². The summed E-state index contributed by atoms with van der Waals surface area (Å²) < 4.78 is 0. The Bertz CT molecular complexity index is 1350. The van der Waals surface area contributed by atoms with Crippen molar-refractivity contribution in [3.8, 4) is 6.07 Å². The lowest BCUT2D eigenvalue weighted by Gasteiger charge is -2.12. The number of aromatic nitrogens is 2. The van der Waals surface area contributed by atoms with Gasteiger partial charge < -0.3 is 9.97 Å². The summed E-state index contributed by atoms with van der Waals surface area (Å²) in [6.07, 6.45) is 4.02. The van der Waals surface area contributed by atoms with Gasteiger partial charge in [-0.05, 0) is 76.6 Å². The van der Waals surface area contributed by atoms with Gasteiger partial charge in [-0.25, -0.2) is 4.79 Å². The van der Waals surface area contributed by atoms with E-state index < -0.39 is 0 Å². The van der Waals surface area contributed by atoms with Gasteiger partial charge in [-0.1, -0.05) is 36.4 Å². The zero-order valence-corrected chi connectivity index (χ0v) is 15.1. The number of hydrogen-bond donors (Lipinski definition) is 2. The Morgan fingerprint density at radius 3 is 2.54 bits per heavy atom. The zero-order valence-electron chi connectivity index (χ0n) is 15.1. The molecule has 0 radical (unpaired) electrons. The van der Waals surface area contributed by atoms with E-state index >= 15 is 0 Å². The number of fused-ring (bicyclic) bond motifs is 3. The van der Waals surface area contributed by atoms with Gasteiger partial charge >= 0.3 is 5.69 Å². The molecule has 0 aliphatic heterocycles. The molecule has 2 N–H and O–H groups in total. The fourth-order valence-electron chi connectivity index (χ4n) is 4.01. The number of nitrogens with one attached hydrogen (secondary N) is 2. The van der Waals surface area contributed by atoms with Crippen LogP contribution < -0.4 is 5.69 Å². The third-order valence-corrected chi connectivity index (χ3v) is 5.35. The van der Waals surface area contributed by atoms with Crippen molar-refractivity contribution in [2.24, 2.45) is 0 Å². The third-order valence-electron chi connectivity index (χ3n) is 5.35. The van der Waals surface area contributed by atoms with E-state index in [9.17, 15) is 10.1 Å². The highest BCUT2D eigenvalue weighted by atomic mass is 16.1. The maximum Gasteiger partial charge on any atom is 0.323 e. The number of aryl methyl sites for hydroxylation is 2. The number of nitrogens with zero attached hydrogens (tertiary/aromatic N) is 1. The van der Waals surface area contributed by atoms with E-state index in [1.807, 2.05) is 30.3 Å². The highest BCUT2D eigenvalue weighted by Crippen LogP contribution is 2.35. The molecule has 5 rings (SSSR count). The van der Waals surface area contributed by atoms with E-state index in [0.717, 1.165) is 40.6 Å². The second-order valence-electron chi connectivity index (χ2n) is 7.08. The molecule has 1 aliphatic carbocycles. The van der Waals surface area contributed by atoms with Gasteiger partial charge in [-0.3, -0.25) is 0 Å². The molecule has 0 saturated heterocycles. The molecule has 0 fully saturated rings. The second kappa shape index (κ2) is 6.40. The number of hydrogen-bond acceptors (Lipinski definition) is 2. The standard InChI is InChI=1S/C24H17N3O/c25-14-16-5-9-20-18(11-16)8-7-17-3-1-2-4-19(17)21(20)12-15-6-10-22-23(13-15)27-24(28)26-22/h1-6,9-13H,7-8H2,(H2,26,27,28)/b21-12-. The van der Waals surface area contributed by atoms with E-state index in [0.29, 0.717) is 5.56 Å². The second-order valence-corrected chi connectivity index (χ2v) is 7.08. The SMILES string of the molecule is N#Cc1ccc2c(c1)CCc1ccccc1/C2=C/c1ccc2[nH]c(=O)[nH]c2c1. The highest BCUT2D eigenvalue weighted by Gasteiger charge is 2.18. The molecule has 1 aliphatic rings. The first-order chi connectivity index (χ1) is 13.7. The van der Waals surface area contributed by atoms with Gasteiger partial charge in [0.05, 0.1) is 22.7 Å². The summed E-state index contributed by atoms with van der Waals surface area (Å²) in [4.78, 5) is 17.2. The lowest BCUT2D eigenvalue weighted by atomic mass is 9.91. The van der Waals surface area contributed by atoms with Crippen molar-refractivity contribution in [2.45, 2.75) is 12.8 Å². The van der Waals surface area contributed by atoms with Crippen molar-refractivity contribution in [3.63, 3.8) is 0 Å².